The molecule has 21 heavy (non-hydrogen) atoms. The molecular formula is C18H28N2O. The number of rotatable bonds is 6. The quantitative estimate of drug-likeness (QED) is 0.873. The highest BCUT2D eigenvalue weighted by Gasteiger charge is 2.20. The van der Waals surface area contributed by atoms with Crippen LogP contribution in [0.1, 0.15) is 44.7 Å². The third kappa shape index (κ3) is 4.85. The minimum atomic E-state index is 0.188. The van der Waals surface area contributed by atoms with Crippen LogP contribution in [0.2, 0.25) is 0 Å². The summed E-state index contributed by atoms with van der Waals surface area (Å²) in [5.74, 6) is 0.778. The molecule has 1 aliphatic heterocycles. The van der Waals surface area contributed by atoms with Crippen LogP contribution < -0.4 is 5.32 Å². The monoisotopic (exact) mass is 288 g/mol. The zero-order valence-electron chi connectivity index (χ0n) is 13.6. The zero-order valence-corrected chi connectivity index (χ0v) is 13.6. The van der Waals surface area contributed by atoms with Crippen molar-refractivity contribution in [2.45, 2.75) is 52.6 Å². The second kappa shape index (κ2) is 7.60. The predicted molar refractivity (Wildman–Crippen MR) is 87.1 cm³/mol. The van der Waals surface area contributed by atoms with Gasteiger partial charge in [0.2, 0.25) is 5.91 Å². The molecule has 0 aliphatic carbocycles. The lowest BCUT2D eigenvalue weighted by atomic mass is 9.99. The molecule has 3 nitrogen and oxygen atoms in total. The summed E-state index contributed by atoms with van der Waals surface area (Å²) < 4.78 is 0. The second-order valence-corrected chi connectivity index (χ2v) is 6.57. The first kappa shape index (κ1) is 16.0. The first-order valence-electron chi connectivity index (χ1n) is 8.13. The lowest BCUT2D eigenvalue weighted by Gasteiger charge is -2.33. The van der Waals surface area contributed by atoms with E-state index in [4.69, 9.17) is 0 Å². The van der Waals surface area contributed by atoms with Gasteiger partial charge in [-0.15, -0.1) is 0 Å². The predicted octanol–water partition coefficient (Wildman–Crippen LogP) is 2.99. The molecule has 0 spiro atoms. The van der Waals surface area contributed by atoms with Crippen molar-refractivity contribution in [1.82, 2.24) is 10.2 Å². The highest BCUT2D eigenvalue weighted by atomic mass is 16.1. The normalized spacial score (nSPS) is 16.6. The van der Waals surface area contributed by atoms with Gasteiger partial charge in [0, 0.05) is 32.1 Å². The van der Waals surface area contributed by atoms with Gasteiger partial charge in [-0.25, -0.2) is 0 Å². The Balaban J connectivity index is 1.77. The van der Waals surface area contributed by atoms with Crippen LogP contribution in [-0.2, 0) is 17.8 Å². The van der Waals surface area contributed by atoms with E-state index >= 15 is 0 Å². The van der Waals surface area contributed by atoms with Crippen LogP contribution in [0.15, 0.2) is 24.3 Å². The van der Waals surface area contributed by atoms with E-state index in [1.807, 2.05) is 0 Å². The molecule has 0 bridgehead atoms. The average molecular weight is 288 g/mol. The molecule has 1 atom stereocenters. The van der Waals surface area contributed by atoms with Crippen molar-refractivity contribution < 1.29 is 4.79 Å². The summed E-state index contributed by atoms with van der Waals surface area (Å²) in [6, 6.07) is 9.06. The molecule has 1 aliphatic rings. The van der Waals surface area contributed by atoms with Crippen LogP contribution in [0.4, 0.5) is 0 Å². The van der Waals surface area contributed by atoms with Crippen LogP contribution in [0, 0.1) is 5.92 Å². The molecule has 1 amide bonds. The molecule has 1 N–H and O–H groups in total. The maximum Gasteiger partial charge on any atom is 0.220 e. The van der Waals surface area contributed by atoms with E-state index in [0.29, 0.717) is 18.4 Å². The summed E-state index contributed by atoms with van der Waals surface area (Å²) in [7, 11) is 0. The molecular weight excluding hydrogens is 260 g/mol. The Labute approximate surface area is 128 Å². The molecule has 1 aromatic rings. The van der Waals surface area contributed by atoms with Crippen molar-refractivity contribution in [1.29, 1.82) is 0 Å². The largest absolute Gasteiger partial charge is 0.355 e. The Morgan fingerprint density at radius 2 is 1.95 bits per heavy atom. The lowest BCUT2D eigenvalue weighted by molar-refractivity contribution is -0.121. The number of nitrogens with one attached hydrogen (secondary N) is 1. The maximum absolute atomic E-state index is 11.8. The number of hydrogen-bond acceptors (Lipinski definition) is 2. The van der Waals surface area contributed by atoms with Crippen LogP contribution in [0.3, 0.4) is 0 Å². The summed E-state index contributed by atoms with van der Waals surface area (Å²) in [6.07, 6.45) is 2.73. The SMILES string of the molecule is CC(C)CCC(=O)NCC(C)N1CCc2ccccc2C1. The van der Waals surface area contributed by atoms with Crippen molar-refractivity contribution in [3.05, 3.63) is 35.4 Å². The summed E-state index contributed by atoms with van der Waals surface area (Å²) >= 11 is 0. The van der Waals surface area contributed by atoms with Gasteiger partial charge in [0.15, 0.2) is 0 Å². The van der Waals surface area contributed by atoms with Crippen molar-refractivity contribution in [2.75, 3.05) is 13.1 Å². The standard InChI is InChI=1S/C18H28N2O/c1-14(2)8-9-18(21)19-12-15(3)20-11-10-16-6-4-5-7-17(16)13-20/h4-7,14-15H,8-13H2,1-3H3,(H,19,21). The third-order valence-electron chi connectivity index (χ3n) is 4.33. The average Bonchev–Trinajstić information content (AvgIpc) is 2.50. The van der Waals surface area contributed by atoms with Gasteiger partial charge in [0.05, 0.1) is 0 Å². The van der Waals surface area contributed by atoms with Gasteiger partial charge < -0.3 is 5.32 Å². The first-order valence-corrected chi connectivity index (χ1v) is 8.13. The number of carbonyl (C=O) groups excluding carboxylic acids is 1. The highest BCUT2D eigenvalue weighted by Crippen LogP contribution is 2.19. The molecule has 1 unspecified atom stereocenters. The Kier molecular flexibility index (Phi) is 5.80. The number of benzene rings is 1. The van der Waals surface area contributed by atoms with Crippen molar-refractivity contribution >= 4 is 5.91 Å². The first-order chi connectivity index (χ1) is 10.1. The Bertz CT molecular complexity index is 470. The summed E-state index contributed by atoms with van der Waals surface area (Å²) in [5, 5.41) is 3.08. The van der Waals surface area contributed by atoms with E-state index in [1.54, 1.807) is 0 Å². The molecule has 0 aromatic heterocycles. The second-order valence-electron chi connectivity index (χ2n) is 6.57. The van der Waals surface area contributed by atoms with E-state index < -0.39 is 0 Å². The summed E-state index contributed by atoms with van der Waals surface area (Å²) in [5.41, 5.74) is 2.91. The molecule has 2 rings (SSSR count). The number of carbonyl (C=O) groups is 1. The molecule has 0 radical (unpaired) electrons. The highest BCUT2D eigenvalue weighted by molar-refractivity contribution is 5.75. The van der Waals surface area contributed by atoms with E-state index in [-0.39, 0.29) is 5.91 Å². The molecule has 0 saturated heterocycles. The fraction of sp³-hybridized carbons (Fsp3) is 0.611. The van der Waals surface area contributed by atoms with Crippen molar-refractivity contribution in [3.8, 4) is 0 Å². The molecule has 3 heteroatoms. The number of fused-ring (bicyclic) bond motifs is 1. The van der Waals surface area contributed by atoms with E-state index in [9.17, 15) is 4.79 Å². The van der Waals surface area contributed by atoms with Gasteiger partial charge in [-0.1, -0.05) is 38.1 Å². The Hall–Kier alpha value is -1.35. The van der Waals surface area contributed by atoms with E-state index in [1.165, 1.54) is 11.1 Å². The van der Waals surface area contributed by atoms with Crippen LogP contribution in [0.5, 0.6) is 0 Å². The number of amides is 1. The fourth-order valence-corrected chi connectivity index (χ4v) is 2.79. The molecule has 1 aromatic carbocycles. The van der Waals surface area contributed by atoms with Crippen LogP contribution in [-0.4, -0.2) is 29.9 Å². The Morgan fingerprint density at radius 3 is 2.67 bits per heavy atom. The maximum atomic E-state index is 11.8. The number of nitrogens with zero attached hydrogens (tertiary/aromatic N) is 1. The van der Waals surface area contributed by atoms with Gasteiger partial charge in [0.25, 0.3) is 0 Å². The molecule has 0 saturated carbocycles. The van der Waals surface area contributed by atoms with Crippen molar-refractivity contribution in [3.63, 3.8) is 0 Å². The van der Waals surface area contributed by atoms with Gasteiger partial charge in [-0.3, -0.25) is 9.69 Å². The minimum Gasteiger partial charge on any atom is -0.355 e. The molecule has 1 heterocycles. The van der Waals surface area contributed by atoms with Crippen molar-refractivity contribution in [2.24, 2.45) is 5.92 Å². The smallest absolute Gasteiger partial charge is 0.220 e. The third-order valence-corrected chi connectivity index (χ3v) is 4.33. The van der Waals surface area contributed by atoms with Crippen LogP contribution in [0.25, 0.3) is 0 Å². The topological polar surface area (TPSA) is 32.3 Å². The molecule has 0 fully saturated rings. The number of hydrogen-bond donors (Lipinski definition) is 1. The lowest BCUT2D eigenvalue weighted by Crippen LogP contribution is -2.44. The minimum absolute atomic E-state index is 0.188. The Morgan fingerprint density at radius 1 is 1.24 bits per heavy atom. The summed E-state index contributed by atoms with van der Waals surface area (Å²) in [4.78, 5) is 14.3. The van der Waals surface area contributed by atoms with Gasteiger partial charge in [-0.2, -0.15) is 0 Å². The van der Waals surface area contributed by atoms with E-state index in [2.05, 4.69) is 55.3 Å². The van der Waals surface area contributed by atoms with E-state index in [0.717, 1.165) is 32.5 Å². The van der Waals surface area contributed by atoms with Crippen LogP contribution >= 0.6 is 0 Å². The molecule has 116 valence electrons. The zero-order chi connectivity index (χ0) is 15.2. The van der Waals surface area contributed by atoms with Gasteiger partial charge in [0.1, 0.15) is 0 Å². The van der Waals surface area contributed by atoms with Gasteiger partial charge >= 0.3 is 0 Å². The fourth-order valence-electron chi connectivity index (χ4n) is 2.79. The van der Waals surface area contributed by atoms with Gasteiger partial charge in [-0.05, 0) is 36.8 Å². The summed E-state index contributed by atoms with van der Waals surface area (Å²) in [6.45, 7) is 9.34.